The van der Waals surface area contributed by atoms with Crippen LogP contribution in [0, 0.1) is 11.3 Å². The first-order valence-electron chi connectivity index (χ1n) is 7.01. The van der Waals surface area contributed by atoms with Crippen LogP contribution in [0.4, 0.5) is 5.69 Å². The predicted molar refractivity (Wildman–Crippen MR) is 89.8 cm³/mol. The topological polar surface area (TPSA) is 98.1 Å². The fourth-order valence-electron chi connectivity index (χ4n) is 2.35. The van der Waals surface area contributed by atoms with Crippen LogP contribution in [0.15, 0.2) is 27.9 Å². The van der Waals surface area contributed by atoms with E-state index in [2.05, 4.69) is 15.9 Å². The third kappa shape index (κ3) is 3.60. The van der Waals surface area contributed by atoms with Gasteiger partial charge in [-0.25, -0.2) is 9.59 Å². The van der Waals surface area contributed by atoms with Gasteiger partial charge < -0.3 is 23.8 Å². The van der Waals surface area contributed by atoms with Gasteiger partial charge in [-0.05, 0) is 22.0 Å². The molecule has 1 heterocycles. The highest BCUT2D eigenvalue weighted by Crippen LogP contribution is 2.36. The zero-order valence-corrected chi connectivity index (χ0v) is 15.4. The van der Waals surface area contributed by atoms with Crippen LogP contribution in [0.1, 0.15) is 5.56 Å². The molecule has 1 aliphatic rings. The summed E-state index contributed by atoms with van der Waals surface area (Å²) < 4.78 is 20.7. The zero-order chi connectivity index (χ0) is 18.6. The molecular weight excluding hydrogens is 396 g/mol. The van der Waals surface area contributed by atoms with Gasteiger partial charge >= 0.3 is 11.9 Å². The number of nitriles is 1. The van der Waals surface area contributed by atoms with Crippen molar-refractivity contribution in [3.63, 3.8) is 0 Å². The Morgan fingerprint density at radius 1 is 1.24 bits per heavy atom. The summed E-state index contributed by atoms with van der Waals surface area (Å²) in [7, 11) is 3.87. The number of anilines is 1. The third-order valence-corrected chi connectivity index (χ3v) is 4.13. The third-order valence-electron chi connectivity index (χ3n) is 3.51. The molecule has 0 bridgehead atoms. The second-order valence-electron chi connectivity index (χ2n) is 4.83. The Bertz CT molecular complexity index is 784. The van der Waals surface area contributed by atoms with Crippen molar-refractivity contribution in [2.24, 2.45) is 0 Å². The molecular formula is C16H15BrN2O6. The van der Waals surface area contributed by atoms with Gasteiger partial charge in [0, 0.05) is 6.07 Å². The number of carbonyl (C=O) groups excluding carboxylic acids is 2. The number of ether oxygens (including phenoxy) is 4. The molecule has 25 heavy (non-hydrogen) atoms. The van der Waals surface area contributed by atoms with Crippen molar-refractivity contribution in [2.75, 3.05) is 39.6 Å². The van der Waals surface area contributed by atoms with Crippen LogP contribution in [0.25, 0.3) is 0 Å². The zero-order valence-electron chi connectivity index (χ0n) is 13.8. The highest BCUT2D eigenvalue weighted by molar-refractivity contribution is 9.10. The summed E-state index contributed by atoms with van der Waals surface area (Å²) in [5.41, 5.74) is 0.556. The molecule has 0 N–H and O–H groups in total. The Hall–Kier alpha value is -2.57. The molecule has 0 atom stereocenters. The molecule has 1 aromatic carbocycles. The summed E-state index contributed by atoms with van der Waals surface area (Å²) >= 11 is 3.31. The second-order valence-corrected chi connectivity index (χ2v) is 5.69. The minimum absolute atomic E-state index is 0.00590. The average molecular weight is 411 g/mol. The maximum absolute atomic E-state index is 12.3. The first kappa shape index (κ1) is 18.8. The monoisotopic (exact) mass is 410 g/mol. The van der Waals surface area contributed by atoms with Gasteiger partial charge in [0.05, 0.1) is 49.2 Å². The normalized spacial score (nSPS) is 14.0. The lowest BCUT2D eigenvalue weighted by Gasteiger charge is -2.32. The fourth-order valence-corrected chi connectivity index (χ4v) is 2.85. The van der Waals surface area contributed by atoms with Crippen molar-refractivity contribution in [1.29, 1.82) is 5.26 Å². The summed E-state index contributed by atoms with van der Waals surface area (Å²) in [6, 6.07) is 5.16. The molecule has 132 valence electrons. The van der Waals surface area contributed by atoms with Gasteiger partial charge in [0.15, 0.2) is 0 Å². The number of halogens is 1. The molecule has 0 amide bonds. The Balaban J connectivity index is 2.70. The number of rotatable bonds is 4. The number of carbonyl (C=O) groups is 2. The number of hydrogen-bond acceptors (Lipinski definition) is 8. The first-order chi connectivity index (χ1) is 12.0. The van der Waals surface area contributed by atoms with Gasteiger partial charge in [-0.15, -0.1) is 0 Å². The van der Waals surface area contributed by atoms with E-state index < -0.39 is 11.9 Å². The molecule has 0 fully saturated rings. The number of hydrogen-bond donors (Lipinski definition) is 0. The molecule has 1 aromatic rings. The van der Waals surface area contributed by atoms with Gasteiger partial charge in [0.25, 0.3) is 0 Å². The molecule has 0 spiro atoms. The summed E-state index contributed by atoms with van der Waals surface area (Å²) in [4.78, 5) is 25.7. The second kappa shape index (κ2) is 8.00. The van der Waals surface area contributed by atoms with E-state index in [0.29, 0.717) is 15.9 Å². The van der Waals surface area contributed by atoms with Crippen LogP contribution in [0.5, 0.6) is 5.75 Å². The predicted octanol–water partition coefficient (Wildman–Crippen LogP) is 1.72. The van der Waals surface area contributed by atoms with Gasteiger partial charge in [-0.2, -0.15) is 5.26 Å². The van der Waals surface area contributed by atoms with E-state index in [4.69, 9.17) is 18.9 Å². The van der Waals surface area contributed by atoms with Crippen molar-refractivity contribution in [1.82, 2.24) is 0 Å². The molecule has 0 aliphatic carbocycles. The fraction of sp³-hybridized carbons (Fsp3) is 0.312. The summed E-state index contributed by atoms with van der Waals surface area (Å²) in [5, 5.41) is 9.44. The maximum atomic E-state index is 12.3. The number of esters is 2. The van der Waals surface area contributed by atoms with Crippen LogP contribution in [-0.4, -0.2) is 46.6 Å². The molecule has 1 aliphatic heterocycles. The molecule has 0 saturated heterocycles. The molecule has 0 aromatic heterocycles. The van der Waals surface area contributed by atoms with Gasteiger partial charge in [-0.1, -0.05) is 0 Å². The van der Waals surface area contributed by atoms with Crippen molar-refractivity contribution >= 4 is 33.6 Å². The standard InChI is InChI=1S/C16H15BrN2O6/c1-22-13-5-12(9(6-18)4-11(13)17)19-8-25-7-10(15(20)23-2)14(19)16(21)24-3/h4-5H,7-8H2,1-3H3. The van der Waals surface area contributed by atoms with Gasteiger partial charge in [-0.3, -0.25) is 0 Å². The maximum Gasteiger partial charge on any atom is 0.355 e. The van der Waals surface area contributed by atoms with E-state index in [1.165, 1.54) is 26.2 Å². The summed E-state index contributed by atoms with van der Waals surface area (Å²) in [6.07, 6.45) is 0. The molecule has 2 rings (SSSR count). The lowest BCUT2D eigenvalue weighted by molar-refractivity contribution is -0.140. The summed E-state index contributed by atoms with van der Waals surface area (Å²) in [5.74, 6) is -1.01. The highest BCUT2D eigenvalue weighted by atomic mass is 79.9. The van der Waals surface area contributed by atoms with Crippen LogP contribution in [0.3, 0.4) is 0 Å². The van der Waals surface area contributed by atoms with E-state index in [1.54, 1.807) is 12.1 Å². The van der Waals surface area contributed by atoms with Gasteiger partial charge in [0.1, 0.15) is 24.2 Å². The van der Waals surface area contributed by atoms with E-state index in [1.807, 2.05) is 6.07 Å². The van der Waals surface area contributed by atoms with Crippen molar-refractivity contribution in [3.05, 3.63) is 33.4 Å². The van der Waals surface area contributed by atoms with E-state index in [9.17, 15) is 14.9 Å². The minimum atomic E-state index is -0.741. The molecule has 9 heteroatoms. The lowest BCUT2D eigenvalue weighted by atomic mass is 10.1. The Kier molecular flexibility index (Phi) is 6.01. The molecule has 0 saturated carbocycles. The van der Waals surface area contributed by atoms with Crippen LogP contribution in [0.2, 0.25) is 0 Å². The van der Waals surface area contributed by atoms with Crippen molar-refractivity contribution in [3.8, 4) is 11.8 Å². The number of methoxy groups -OCH3 is 3. The smallest absolute Gasteiger partial charge is 0.355 e. The highest BCUT2D eigenvalue weighted by Gasteiger charge is 2.33. The summed E-state index contributed by atoms with van der Waals surface area (Å²) in [6.45, 7) is -0.159. The largest absolute Gasteiger partial charge is 0.495 e. The first-order valence-corrected chi connectivity index (χ1v) is 7.80. The van der Waals surface area contributed by atoms with Crippen LogP contribution >= 0.6 is 15.9 Å². The molecule has 8 nitrogen and oxygen atoms in total. The Labute approximate surface area is 152 Å². The van der Waals surface area contributed by atoms with E-state index in [-0.39, 0.29) is 30.2 Å². The lowest BCUT2D eigenvalue weighted by Crippen LogP contribution is -2.39. The Morgan fingerprint density at radius 3 is 2.48 bits per heavy atom. The quantitative estimate of drug-likeness (QED) is 0.691. The van der Waals surface area contributed by atoms with Crippen LogP contribution < -0.4 is 9.64 Å². The number of nitrogens with zero attached hydrogens (tertiary/aromatic N) is 2. The Morgan fingerprint density at radius 2 is 1.92 bits per heavy atom. The number of benzene rings is 1. The van der Waals surface area contributed by atoms with Crippen molar-refractivity contribution < 1.29 is 28.5 Å². The van der Waals surface area contributed by atoms with Crippen molar-refractivity contribution in [2.45, 2.75) is 0 Å². The SMILES string of the molecule is COC(=O)C1=C(C(=O)OC)N(c2cc(OC)c(Br)cc2C#N)COC1. The average Bonchev–Trinajstić information content (AvgIpc) is 2.65. The van der Waals surface area contributed by atoms with E-state index >= 15 is 0 Å². The van der Waals surface area contributed by atoms with Crippen LogP contribution in [-0.2, 0) is 23.8 Å². The molecule has 0 radical (unpaired) electrons. The van der Waals surface area contributed by atoms with E-state index in [0.717, 1.165) is 0 Å². The van der Waals surface area contributed by atoms with Gasteiger partial charge in [0.2, 0.25) is 0 Å². The minimum Gasteiger partial charge on any atom is -0.495 e. The molecule has 0 unspecified atom stereocenters.